The highest BCUT2D eigenvalue weighted by Crippen LogP contribution is 2.33. The number of rotatable bonds is 2. The number of fused-ring (bicyclic) bond motifs is 1. The van der Waals surface area contributed by atoms with Gasteiger partial charge in [-0.25, -0.2) is 0 Å². The van der Waals surface area contributed by atoms with Crippen LogP contribution in [0.3, 0.4) is 0 Å². The van der Waals surface area contributed by atoms with Gasteiger partial charge in [0.2, 0.25) is 0 Å². The summed E-state index contributed by atoms with van der Waals surface area (Å²) in [4.78, 5) is 2.31. The molecule has 0 spiro atoms. The molecule has 0 fully saturated rings. The summed E-state index contributed by atoms with van der Waals surface area (Å²) in [6, 6.07) is 6.29. The van der Waals surface area contributed by atoms with Crippen LogP contribution in [0.25, 0.3) is 10.1 Å². The van der Waals surface area contributed by atoms with Gasteiger partial charge in [-0.15, -0.1) is 35.6 Å². The smallest absolute Gasteiger partial charge is 0.0571 e. The first kappa shape index (κ1) is 10.3. The zero-order chi connectivity index (χ0) is 10.1. The van der Waals surface area contributed by atoms with Crippen LogP contribution < -0.4 is 0 Å². The van der Waals surface area contributed by atoms with Crippen molar-refractivity contribution in [1.82, 2.24) is 0 Å². The molecule has 1 heterocycles. The zero-order valence-electron chi connectivity index (χ0n) is 7.88. The first-order valence-corrected chi connectivity index (χ1v) is 6.35. The van der Waals surface area contributed by atoms with Crippen molar-refractivity contribution in [3.8, 4) is 0 Å². The Labute approximate surface area is 98.3 Å². The average Bonchev–Trinajstić information content (AvgIpc) is 2.54. The quantitative estimate of drug-likeness (QED) is 0.582. The molecule has 0 aliphatic carbocycles. The Balaban J connectivity index is 2.73. The van der Waals surface area contributed by atoms with E-state index in [1.165, 1.54) is 20.5 Å². The number of thiophene rings is 1. The van der Waals surface area contributed by atoms with Gasteiger partial charge in [0.25, 0.3) is 0 Å². The molecule has 2 rings (SSSR count). The second-order valence-electron chi connectivity index (χ2n) is 3.17. The number of hydrogen-bond donors (Lipinski definition) is 1. The second kappa shape index (κ2) is 4.13. The van der Waals surface area contributed by atoms with Gasteiger partial charge in [0.1, 0.15) is 0 Å². The summed E-state index contributed by atoms with van der Waals surface area (Å²) < 4.78 is 1.30. The Morgan fingerprint density at radius 1 is 1.43 bits per heavy atom. The van der Waals surface area contributed by atoms with Crippen LogP contribution in [0.2, 0.25) is 0 Å². The number of aryl methyl sites for hydroxylation is 1. The number of thiol groups is 1. The molecule has 0 bridgehead atoms. The third-order valence-corrected chi connectivity index (χ3v) is 4.23. The van der Waals surface area contributed by atoms with Crippen LogP contribution in [-0.2, 0) is 12.3 Å². The molecule has 74 valence electrons. The molecule has 0 saturated carbocycles. The van der Waals surface area contributed by atoms with Crippen molar-refractivity contribution in [2.24, 2.45) is 0 Å². The fourth-order valence-electron chi connectivity index (χ4n) is 1.68. The lowest BCUT2D eigenvalue weighted by atomic mass is 10.1. The van der Waals surface area contributed by atoms with Gasteiger partial charge in [0, 0.05) is 14.5 Å². The van der Waals surface area contributed by atoms with E-state index < -0.39 is 0 Å². The molecule has 0 saturated heterocycles. The van der Waals surface area contributed by atoms with Gasteiger partial charge >= 0.3 is 0 Å². The highest BCUT2D eigenvalue weighted by molar-refractivity contribution is 7.80. The van der Waals surface area contributed by atoms with E-state index in [0.29, 0.717) is 5.88 Å². The van der Waals surface area contributed by atoms with Crippen LogP contribution in [0.15, 0.2) is 23.1 Å². The third-order valence-electron chi connectivity index (χ3n) is 2.33. The summed E-state index contributed by atoms with van der Waals surface area (Å²) >= 11 is 12.0. The van der Waals surface area contributed by atoms with E-state index in [1.54, 1.807) is 11.3 Å². The van der Waals surface area contributed by atoms with Crippen molar-refractivity contribution in [3.05, 3.63) is 28.6 Å². The molecule has 0 unspecified atom stereocenters. The van der Waals surface area contributed by atoms with E-state index in [0.717, 1.165) is 11.3 Å². The van der Waals surface area contributed by atoms with E-state index in [-0.39, 0.29) is 0 Å². The van der Waals surface area contributed by atoms with Crippen LogP contribution in [0.1, 0.15) is 17.4 Å². The van der Waals surface area contributed by atoms with Crippen molar-refractivity contribution in [3.63, 3.8) is 0 Å². The molecule has 0 N–H and O–H groups in total. The number of hydrogen-bond acceptors (Lipinski definition) is 2. The summed E-state index contributed by atoms with van der Waals surface area (Å²) in [5, 5.41) is 1.34. The van der Waals surface area contributed by atoms with E-state index in [4.69, 9.17) is 11.6 Å². The Bertz CT molecular complexity index is 460. The topological polar surface area (TPSA) is 0 Å². The lowest BCUT2D eigenvalue weighted by Crippen LogP contribution is -1.81. The number of halogens is 1. The lowest BCUT2D eigenvalue weighted by Gasteiger charge is -1.97. The Kier molecular flexibility index (Phi) is 3.05. The van der Waals surface area contributed by atoms with Crippen LogP contribution in [-0.4, -0.2) is 0 Å². The van der Waals surface area contributed by atoms with Crippen molar-refractivity contribution in [1.29, 1.82) is 0 Å². The maximum Gasteiger partial charge on any atom is 0.0571 e. The molecule has 0 atom stereocenters. The van der Waals surface area contributed by atoms with Crippen molar-refractivity contribution < 1.29 is 0 Å². The van der Waals surface area contributed by atoms with Crippen molar-refractivity contribution in [2.75, 3.05) is 0 Å². The predicted octanol–water partition coefficient (Wildman–Crippen LogP) is 4.49. The maximum atomic E-state index is 5.91. The normalized spacial score (nSPS) is 11.1. The molecule has 0 aliphatic heterocycles. The van der Waals surface area contributed by atoms with E-state index in [9.17, 15) is 0 Å². The summed E-state index contributed by atoms with van der Waals surface area (Å²) in [6.07, 6.45) is 1.05. The molecule has 2 aromatic rings. The van der Waals surface area contributed by atoms with Gasteiger partial charge in [0.05, 0.1) is 5.88 Å². The van der Waals surface area contributed by atoms with Crippen molar-refractivity contribution in [2.45, 2.75) is 24.1 Å². The molecule has 0 nitrogen and oxygen atoms in total. The first-order valence-electron chi connectivity index (χ1n) is 4.55. The highest BCUT2D eigenvalue weighted by atomic mass is 35.5. The zero-order valence-corrected chi connectivity index (χ0v) is 10.3. The minimum atomic E-state index is 0.616. The third kappa shape index (κ3) is 1.67. The highest BCUT2D eigenvalue weighted by Gasteiger charge is 2.09. The molecule has 0 aliphatic rings. The Hall–Kier alpha value is -0.180. The fourth-order valence-corrected chi connectivity index (χ4v) is 3.49. The van der Waals surface area contributed by atoms with Gasteiger partial charge in [-0.05, 0) is 29.5 Å². The minimum absolute atomic E-state index is 0.616. The van der Waals surface area contributed by atoms with Crippen LogP contribution in [0, 0.1) is 0 Å². The average molecular weight is 243 g/mol. The summed E-state index contributed by atoms with van der Waals surface area (Å²) in [7, 11) is 0. The summed E-state index contributed by atoms with van der Waals surface area (Å²) in [5.74, 6) is 0.616. The lowest BCUT2D eigenvalue weighted by molar-refractivity contribution is 1.14. The number of alkyl halides is 1. The monoisotopic (exact) mass is 242 g/mol. The van der Waals surface area contributed by atoms with Crippen LogP contribution in [0.5, 0.6) is 0 Å². The SMILES string of the molecule is CCc1c(CCl)sc2cc(S)ccc12. The molecular formula is C11H11ClS2. The van der Waals surface area contributed by atoms with E-state index in [2.05, 4.69) is 31.7 Å². The van der Waals surface area contributed by atoms with Gasteiger partial charge < -0.3 is 0 Å². The minimum Gasteiger partial charge on any atom is -0.143 e. The molecular weight excluding hydrogens is 232 g/mol. The predicted molar refractivity (Wildman–Crippen MR) is 68.0 cm³/mol. The van der Waals surface area contributed by atoms with Crippen LogP contribution >= 0.6 is 35.6 Å². The van der Waals surface area contributed by atoms with E-state index >= 15 is 0 Å². The molecule has 1 aromatic carbocycles. The first-order chi connectivity index (χ1) is 6.76. The molecule has 3 heteroatoms. The number of benzene rings is 1. The van der Waals surface area contributed by atoms with Gasteiger partial charge in [0.15, 0.2) is 0 Å². The summed E-state index contributed by atoms with van der Waals surface area (Å²) in [6.45, 7) is 2.17. The Morgan fingerprint density at radius 3 is 2.86 bits per heavy atom. The van der Waals surface area contributed by atoms with Gasteiger partial charge in [-0.3, -0.25) is 0 Å². The maximum absolute atomic E-state index is 5.91. The van der Waals surface area contributed by atoms with Gasteiger partial charge in [-0.1, -0.05) is 13.0 Å². The standard InChI is InChI=1S/C11H11ClS2/c1-2-8-9-4-3-7(13)5-10(9)14-11(8)6-12/h3-5,13H,2,6H2,1H3. The van der Waals surface area contributed by atoms with E-state index in [1.807, 2.05) is 6.07 Å². The molecule has 0 amide bonds. The van der Waals surface area contributed by atoms with Gasteiger partial charge in [-0.2, -0.15) is 0 Å². The Morgan fingerprint density at radius 2 is 2.21 bits per heavy atom. The summed E-state index contributed by atoms with van der Waals surface area (Å²) in [5.41, 5.74) is 1.40. The molecule has 0 radical (unpaired) electrons. The van der Waals surface area contributed by atoms with Crippen molar-refractivity contribution >= 4 is 45.7 Å². The molecule has 14 heavy (non-hydrogen) atoms. The second-order valence-corrected chi connectivity index (χ2v) is 5.09. The van der Waals surface area contributed by atoms with Crippen LogP contribution in [0.4, 0.5) is 0 Å². The molecule has 1 aromatic heterocycles. The largest absolute Gasteiger partial charge is 0.143 e. The fraction of sp³-hybridized carbons (Fsp3) is 0.273.